The first-order valence-electron chi connectivity index (χ1n) is 5.62. The Bertz CT molecular complexity index is 461. The number of halogens is 3. The molecule has 4 heteroatoms. The summed E-state index contributed by atoms with van der Waals surface area (Å²) in [5, 5.41) is 10.6. The van der Waals surface area contributed by atoms with Crippen molar-refractivity contribution in [3.8, 4) is 0 Å². The van der Waals surface area contributed by atoms with Gasteiger partial charge in [-0.2, -0.15) is 0 Å². The van der Waals surface area contributed by atoms with Gasteiger partial charge in [0.1, 0.15) is 5.82 Å². The van der Waals surface area contributed by atoms with E-state index >= 15 is 0 Å². The van der Waals surface area contributed by atoms with Gasteiger partial charge in [0.05, 0.1) is 10.6 Å². The van der Waals surface area contributed by atoms with E-state index in [9.17, 15) is 9.50 Å². The fourth-order valence-corrected chi connectivity index (χ4v) is 3.10. The van der Waals surface area contributed by atoms with Gasteiger partial charge in [-0.25, -0.2) is 4.39 Å². The van der Waals surface area contributed by atoms with Gasteiger partial charge in [0.15, 0.2) is 0 Å². The molecule has 1 aliphatic rings. The molecule has 0 saturated heterocycles. The average molecular weight is 322 g/mol. The highest BCUT2D eigenvalue weighted by molar-refractivity contribution is 9.10. The largest absolute Gasteiger partial charge is 0.385 e. The van der Waals surface area contributed by atoms with Crippen molar-refractivity contribution in [1.82, 2.24) is 0 Å². The molecule has 1 unspecified atom stereocenters. The molecule has 0 aliphatic heterocycles. The quantitative estimate of drug-likeness (QED) is 0.747. The number of hydrogen-bond donors (Lipinski definition) is 1. The highest BCUT2D eigenvalue weighted by Crippen LogP contribution is 2.50. The lowest BCUT2D eigenvalue weighted by Crippen LogP contribution is -2.25. The molecule has 1 atom stereocenters. The predicted molar refractivity (Wildman–Crippen MR) is 70.6 cm³/mol. The van der Waals surface area contributed by atoms with Gasteiger partial charge < -0.3 is 5.11 Å². The normalized spacial score (nSPS) is 27.4. The topological polar surface area (TPSA) is 20.2 Å². The number of aliphatic hydroxyl groups is 1. The molecule has 0 amide bonds. The summed E-state index contributed by atoms with van der Waals surface area (Å²) in [4.78, 5) is 0. The lowest BCUT2D eigenvalue weighted by molar-refractivity contribution is 0.0303. The first kappa shape index (κ1) is 13.3. The summed E-state index contributed by atoms with van der Waals surface area (Å²) in [5.74, 6) is -0.513. The summed E-state index contributed by atoms with van der Waals surface area (Å²) in [6.07, 6.45) is 2.03. The van der Waals surface area contributed by atoms with Crippen molar-refractivity contribution in [2.75, 3.05) is 0 Å². The van der Waals surface area contributed by atoms with Gasteiger partial charge in [-0.05, 0) is 46.7 Å². The van der Waals surface area contributed by atoms with Crippen LogP contribution in [0, 0.1) is 11.2 Å². The van der Waals surface area contributed by atoms with Crippen LogP contribution in [0.3, 0.4) is 0 Å². The Morgan fingerprint density at radius 1 is 1.35 bits per heavy atom. The SMILES string of the molecule is CC1(C)CCC(O)(c2ccc(Br)c(Cl)c2F)C1. The van der Waals surface area contributed by atoms with E-state index in [2.05, 4.69) is 29.8 Å². The summed E-state index contributed by atoms with van der Waals surface area (Å²) in [6, 6.07) is 3.30. The minimum Gasteiger partial charge on any atom is -0.385 e. The van der Waals surface area contributed by atoms with Crippen LogP contribution in [-0.4, -0.2) is 5.11 Å². The predicted octanol–water partition coefficient (Wildman–Crippen LogP) is 4.64. The Kier molecular flexibility index (Phi) is 3.30. The smallest absolute Gasteiger partial charge is 0.149 e. The zero-order chi connectivity index (χ0) is 12.8. The molecule has 1 nitrogen and oxygen atoms in total. The van der Waals surface area contributed by atoms with Crippen molar-refractivity contribution >= 4 is 27.5 Å². The molecule has 0 aromatic heterocycles. The van der Waals surface area contributed by atoms with Gasteiger partial charge in [0.25, 0.3) is 0 Å². The Balaban J connectivity index is 2.45. The maximum Gasteiger partial charge on any atom is 0.149 e. The van der Waals surface area contributed by atoms with Crippen LogP contribution >= 0.6 is 27.5 Å². The van der Waals surface area contributed by atoms with E-state index in [-0.39, 0.29) is 10.4 Å². The van der Waals surface area contributed by atoms with Crippen molar-refractivity contribution in [1.29, 1.82) is 0 Å². The Labute approximate surface area is 114 Å². The van der Waals surface area contributed by atoms with Gasteiger partial charge in [-0.1, -0.05) is 31.5 Å². The van der Waals surface area contributed by atoms with Gasteiger partial charge in [0, 0.05) is 10.0 Å². The molecule has 0 heterocycles. The summed E-state index contributed by atoms with van der Waals surface area (Å²) in [6.45, 7) is 4.17. The van der Waals surface area contributed by atoms with Crippen LogP contribution in [-0.2, 0) is 5.60 Å². The minimum atomic E-state index is -1.09. The lowest BCUT2D eigenvalue weighted by atomic mass is 9.85. The van der Waals surface area contributed by atoms with E-state index in [4.69, 9.17) is 11.6 Å². The molecule has 1 aromatic carbocycles. The number of benzene rings is 1. The molecule has 1 aromatic rings. The second kappa shape index (κ2) is 4.22. The Hall–Kier alpha value is -0.120. The third-order valence-corrected chi connectivity index (χ3v) is 4.78. The maximum atomic E-state index is 14.1. The van der Waals surface area contributed by atoms with Crippen molar-refractivity contribution in [2.45, 2.75) is 38.7 Å². The van der Waals surface area contributed by atoms with E-state index in [1.807, 2.05) is 0 Å². The van der Waals surface area contributed by atoms with Crippen LogP contribution in [0.15, 0.2) is 16.6 Å². The molecule has 1 aliphatic carbocycles. The second-order valence-corrected chi connectivity index (χ2v) is 6.83. The van der Waals surface area contributed by atoms with E-state index in [0.29, 0.717) is 22.9 Å². The van der Waals surface area contributed by atoms with Gasteiger partial charge >= 0.3 is 0 Å². The van der Waals surface area contributed by atoms with Crippen LogP contribution in [0.2, 0.25) is 5.02 Å². The van der Waals surface area contributed by atoms with Gasteiger partial charge in [0.2, 0.25) is 0 Å². The summed E-state index contributed by atoms with van der Waals surface area (Å²) >= 11 is 9.04. The highest BCUT2D eigenvalue weighted by atomic mass is 79.9. The van der Waals surface area contributed by atoms with Crippen molar-refractivity contribution in [3.05, 3.63) is 33.0 Å². The molecule has 1 saturated carbocycles. The van der Waals surface area contributed by atoms with Crippen molar-refractivity contribution in [2.24, 2.45) is 5.41 Å². The van der Waals surface area contributed by atoms with Crippen molar-refractivity contribution in [3.63, 3.8) is 0 Å². The van der Waals surface area contributed by atoms with E-state index in [1.165, 1.54) is 0 Å². The highest BCUT2D eigenvalue weighted by Gasteiger charge is 2.44. The third-order valence-electron chi connectivity index (χ3n) is 3.52. The first-order chi connectivity index (χ1) is 7.75. The Morgan fingerprint density at radius 2 is 2.00 bits per heavy atom. The molecule has 0 bridgehead atoms. The monoisotopic (exact) mass is 320 g/mol. The molecule has 2 rings (SSSR count). The van der Waals surface area contributed by atoms with Crippen molar-refractivity contribution < 1.29 is 9.50 Å². The molecular formula is C13H15BrClFO. The van der Waals surface area contributed by atoms with Crippen LogP contribution < -0.4 is 0 Å². The fraction of sp³-hybridized carbons (Fsp3) is 0.538. The zero-order valence-corrected chi connectivity index (χ0v) is 12.2. The molecule has 1 fully saturated rings. The molecule has 17 heavy (non-hydrogen) atoms. The van der Waals surface area contributed by atoms with E-state index < -0.39 is 11.4 Å². The molecule has 0 radical (unpaired) electrons. The number of rotatable bonds is 1. The zero-order valence-electron chi connectivity index (χ0n) is 9.86. The molecule has 1 N–H and O–H groups in total. The second-order valence-electron chi connectivity index (χ2n) is 5.60. The molecule has 0 spiro atoms. The van der Waals surface area contributed by atoms with Crippen LogP contribution in [0.5, 0.6) is 0 Å². The first-order valence-corrected chi connectivity index (χ1v) is 6.79. The standard InChI is InChI=1S/C13H15BrClFO/c1-12(2)5-6-13(17,7-12)8-3-4-9(14)10(15)11(8)16/h3-4,17H,5-7H2,1-2H3. The van der Waals surface area contributed by atoms with Crippen LogP contribution in [0.25, 0.3) is 0 Å². The third kappa shape index (κ3) is 2.38. The Morgan fingerprint density at radius 3 is 2.53 bits per heavy atom. The maximum absolute atomic E-state index is 14.1. The lowest BCUT2D eigenvalue weighted by Gasteiger charge is -2.26. The van der Waals surface area contributed by atoms with Gasteiger partial charge in [-0.3, -0.25) is 0 Å². The van der Waals surface area contributed by atoms with E-state index in [1.54, 1.807) is 12.1 Å². The van der Waals surface area contributed by atoms with Crippen LogP contribution in [0.1, 0.15) is 38.7 Å². The molecular weight excluding hydrogens is 306 g/mol. The fourth-order valence-electron chi connectivity index (χ4n) is 2.63. The number of hydrogen-bond acceptors (Lipinski definition) is 1. The summed E-state index contributed by atoms with van der Waals surface area (Å²) in [5.41, 5.74) is -0.727. The van der Waals surface area contributed by atoms with E-state index in [0.717, 1.165) is 6.42 Å². The molecule has 94 valence electrons. The summed E-state index contributed by atoms with van der Waals surface area (Å²) < 4.78 is 14.6. The average Bonchev–Trinajstić information content (AvgIpc) is 2.50. The summed E-state index contributed by atoms with van der Waals surface area (Å²) in [7, 11) is 0. The van der Waals surface area contributed by atoms with Crippen LogP contribution in [0.4, 0.5) is 4.39 Å². The van der Waals surface area contributed by atoms with Gasteiger partial charge in [-0.15, -0.1) is 0 Å². The minimum absolute atomic E-state index is 0.0423.